The molecule has 0 aliphatic heterocycles. The maximum Gasteiger partial charge on any atom is 0.408 e. The number of hydrogen-bond donors (Lipinski definition) is 7. The lowest BCUT2D eigenvalue weighted by atomic mass is 9.96. The fourth-order valence-electron chi connectivity index (χ4n) is 5.81. The Morgan fingerprint density at radius 3 is 2.31 bits per heavy atom. The van der Waals surface area contributed by atoms with Crippen LogP contribution in [0, 0.1) is 5.92 Å². The normalized spacial score (nSPS) is 13.5. The molecule has 0 aliphatic rings. The number of H-pyrrole nitrogens is 1. The summed E-state index contributed by atoms with van der Waals surface area (Å²) in [6, 6.07) is 19.6. The Morgan fingerprint density at radius 1 is 0.865 bits per heavy atom. The number of carbonyl (C=O) groups excluding carboxylic acids is 4. The third-order valence-electron chi connectivity index (χ3n) is 8.52. The number of unbranched alkanes of at least 4 members (excludes halogenated alkanes) is 1. The molecule has 0 unspecified atom stereocenters. The van der Waals surface area contributed by atoms with Gasteiger partial charge < -0.3 is 30.8 Å². The van der Waals surface area contributed by atoms with Gasteiger partial charge in [0.15, 0.2) is 0 Å². The van der Waals surface area contributed by atoms with Crippen LogP contribution in [-0.4, -0.2) is 69.7 Å². The van der Waals surface area contributed by atoms with Gasteiger partial charge in [-0.3, -0.25) is 19.8 Å². The Morgan fingerprint density at radius 2 is 1.58 bits per heavy atom. The van der Waals surface area contributed by atoms with E-state index in [2.05, 4.69) is 36.8 Å². The molecule has 7 N–H and O–H groups in total. The number of hydrogen-bond acceptors (Lipinski definition) is 8. The highest BCUT2D eigenvalue weighted by Crippen LogP contribution is 2.20. The van der Waals surface area contributed by atoms with Crippen molar-refractivity contribution in [3.8, 4) is 0 Å². The summed E-state index contributed by atoms with van der Waals surface area (Å²) in [7, 11) is 0. The largest absolute Gasteiger partial charge is 0.445 e. The van der Waals surface area contributed by atoms with Crippen LogP contribution in [0.2, 0.25) is 0 Å². The monoisotopic (exact) mass is 713 g/mol. The molecule has 4 rings (SSSR count). The molecule has 52 heavy (non-hydrogen) atoms. The summed E-state index contributed by atoms with van der Waals surface area (Å²) in [6.07, 6.45) is 3.22. The number of nitrogens with one attached hydrogen (secondary N) is 6. The SMILES string of the molecule is CCCCNNC(=O)C[C@H](O)[C@H](CC(C)C)NC(=O)[C@H](Cc1c[nH]cn1)NC(=O)[C@@H](Cc1cccc2ccccc12)NC(=O)OCc1ccccc1. The standard InChI is InChI=1S/C39H51N7O6/c1-4-5-18-42-46-36(48)22-35(47)32(19-26(2)3)43-38(50)34(21-30-23-40-25-41-30)44-37(49)33(45-39(51)52-24-27-12-7-6-8-13-27)20-29-16-11-15-28-14-9-10-17-31(28)29/h6-17,23,25-26,32-35,42,47H,4-5,18-22,24H2,1-3H3,(H,40,41)(H,43,50)(H,44,49)(H,45,51)(H,46,48)/t32-,33+,34-,35-/m0/s1. The number of fused-ring (bicyclic) bond motifs is 1. The lowest BCUT2D eigenvalue weighted by molar-refractivity contribution is -0.131. The van der Waals surface area contributed by atoms with Gasteiger partial charge in [0.2, 0.25) is 17.7 Å². The zero-order valence-electron chi connectivity index (χ0n) is 30.1. The van der Waals surface area contributed by atoms with E-state index in [9.17, 15) is 24.3 Å². The first-order valence-corrected chi connectivity index (χ1v) is 17.8. The van der Waals surface area contributed by atoms with Crippen molar-refractivity contribution < 1.29 is 29.0 Å². The topological polar surface area (TPSA) is 187 Å². The van der Waals surface area contributed by atoms with Crippen LogP contribution in [-0.2, 0) is 38.6 Å². The Kier molecular flexibility index (Phi) is 15.6. The first kappa shape index (κ1) is 39.5. The lowest BCUT2D eigenvalue weighted by Gasteiger charge is -2.29. The molecule has 1 heterocycles. The zero-order chi connectivity index (χ0) is 37.3. The van der Waals surface area contributed by atoms with E-state index in [1.54, 1.807) is 6.20 Å². The van der Waals surface area contributed by atoms with Gasteiger partial charge in [0.05, 0.1) is 30.6 Å². The predicted molar refractivity (Wildman–Crippen MR) is 198 cm³/mol. The number of aromatic nitrogens is 2. The number of aromatic amines is 1. The van der Waals surface area contributed by atoms with E-state index >= 15 is 0 Å². The number of ether oxygens (including phenoxy) is 1. The molecule has 0 aliphatic carbocycles. The van der Waals surface area contributed by atoms with Crippen molar-refractivity contribution in [3.05, 3.63) is 102 Å². The third kappa shape index (κ3) is 12.8. The van der Waals surface area contributed by atoms with Crippen molar-refractivity contribution >= 4 is 34.6 Å². The molecule has 1 aromatic heterocycles. The van der Waals surface area contributed by atoms with E-state index in [-0.39, 0.29) is 31.8 Å². The second kappa shape index (κ2) is 20.5. The molecule has 4 amide bonds. The predicted octanol–water partition coefficient (Wildman–Crippen LogP) is 3.83. The summed E-state index contributed by atoms with van der Waals surface area (Å²) >= 11 is 0. The molecular weight excluding hydrogens is 662 g/mol. The summed E-state index contributed by atoms with van der Waals surface area (Å²) in [6.45, 7) is 6.53. The molecule has 4 aromatic rings. The molecule has 13 nitrogen and oxygen atoms in total. The molecule has 0 radical (unpaired) electrons. The maximum atomic E-state index is 14.1. The van der Waals surface area contributed by atoms with Gasteiger partial charge in [-0.15, -0.1) is 0 Å². The number of benzene rings is 3. The summed E-state index contributed by atoms with van der Waals surface area (Å²) in [5, 5.41) is 21.4. The van der Waals surface area contributed by atoms with Crippen molar-refractivity contribution in [2.75, 3.05) is 6.54 Å². The number of rotatable bonds is 20. The summed E-state index contributed by atoms with van der Waals surface area (Å²) in [5.41, 5.74) is 7.55. The van der Waals surface area contributed by atoms with Gasteiger partial charge in [-0.1, -0.05) is 100.0 Å². The van der Waals surface area contributed by atoms with Crippen LogP contribution < -0.4 is 26.8 Å². The van der Waals surface area contributed by atoms with E-state index in [4.69, 9.17) is 4.74 Å². The Labute approximate surface area is 304 Å². The number of aliphatic hydroxyl groups excluding tert-OH is 1. The molecule has 0 saturated heterocycles. The van der Waals surface area contributed by atoms with Crippen LogP contribution in [0.1, 0.15) is 63.3 Å². The van der Waals surface area contributed by atoms with E-state index in [1.807, 2.05) is 93.6 Å². The van der Waals surface area contributed by atoms with Crippen LogP contribution in [0.3, 0.4) is 0 Å². The first-order chi connectivity index (χ1) is 25.1. The number of amides is 4. The lowest BCUT2D eigenvalue weighted by Crippen LogP contribution is -2.57. The van der Waals surface area contributed by atoms with Crippen LogP contribution in [0.5, 0.6) is 0 Å². The second-order valence-corrected chi connectivity index (χ2v) is 13.3. The van der Waals surface area contributed by atoms with Gasteiger partial charge in [-0.05, 0) is 40.7 Å². The maximum absolute atomic E-state index is 14.1. The smallest absolute Gasteiger partial charge is 0.408 e. The van der Waals surface area contributed by atoms with Gasteiger partial charge in [0.25, 0.3) is 0 Å². The zero-order valence-corrected chi connectivity index (χ0v) is 30.1. The average molecular weight is 714 g/mol. The number of nitrogens with zero attached hydrogens (tertiary/aromatic N) is 1. The first-order valence-electron chi connectivity index (χ1n) is 17.8. The minimum atomic E-state index is -1.19. The molecule has 0 fully saturated rings. The molecule has 0 saturated carbocycles. The summed E-state index contributed by atoms with van der Waals surface area (Å²) in [4.78, 5) is 60.9. The molecule has 13 heteroatoms. The third-order valence-corrected chi connectivity index (χ3v) is 8.52. The highest BCUT2D eigenvalue weighted by atomic mass is 16.5. The van der Waals surface area contributed by atoms with Crippen molar-refractivity contribution in [2.45, 2.75) is 90.1 Å². The number of imidazole rings is 1. The minimum absolute atomic E-state index is 0.00581. The van der Waals surface area contributed by atoms with Crippen molar-refractivity contribution in [2.24, 2.45) is 5.92 Å². The highest BCUT2D eigenvalue weighted by Gasteiger charge is 2.32. The van der Waals surface area contributed by atoms with Gasteiger partial charge in [-0.2, -0.15) is 0 Å². The fraction of sp³-hybridized carbons (Fsp3) is 0.410. The molecule has 3 aromatic carbocycles. The van der Waals surface area contributed by atoms with Crippen LogP contribution in [0.15, 0.2) is 85.3 Å². The van der Waals surface area contributed by atoms with Gasteiger partial charge >= 0.3 is 6.09 Å². The van der Waals surface area contributed by atoms with E-state index in [0.29, 0.717) is 18.7 Å². The summed E-state index contributed by atoms with van der Waals surface area (Å²) < 4.78 is 5.47. The molecule has 4 atom stereocenters. The minimum Gasteiger partial charge on any atom is -0.445 e. The van der Waals surface area contributed by atoms with E-state index in [1.165, 1.54) is 6.33 Å². The molecule has 0 bridgehead atoms. The van der Waals surface area contributed by atoms with Crippen LogP contribution >= 0.6 is 0 Å². The van der Waals surface area contributed by atoms with Gasteiger partial charge in [0.1, 0.15) is 18.7 Å². The Bertz CT molecular complexity index is 1710. The molecular formula is C39H51N7O6. The van der Waals surface area contributed by atoms with Crippen LogP contribution in [0.25, 0.3) is 10.8 Å². The number of aliphatic hydroxyl groups is 1. The van der Waals surface area contributed by atoms with E-state index < -0.39 is 48.0 Å². The van der Waals surface area contributed by atoms with Crippen molar-refractivity contribution in [1.29, 1.82) is 0 Å². The summed E-state index contributed by atoms with van der Waals surface area (Å²) in [5.74, 6) is -1.52. The number of carbonyl (C=O) groups is 4. The average Bonchev–Trinajstić information content (AvgIpc) is 3.65. The van der Waals surface area contributed by atoms with Gasteiger partial charge in [0, 0.05) is 25.6 Å². The molecule has 0 spiro atoms. The Balaban J connectivity index is 1.53. The van der Waals surface area contributed by atoms with E-state index in [0.717, 1.165) is 34.7 Å². The number of hydrazine groups is 1. The van der Waals surface area contributed by atoms with Crippen molar-refractivity contribution in [3.63, 3.8) is 0 Å². The second-order valence-electron chi connectivity index (χ2n) is 13.3. The fourth-order valence-corrected chi connectivity index (χ4v) is 5.81. The van der Waals surface area contributed by atoms with Crippen LogP contribution in [0.4, 0.5) is 4.79 Å². The van der Waals surface area contributed by atoms with Crippen molar-refractivity contribution in [1.82, 2.24) is 36.8 Å². The quantitative estimate of drug-likeness (QED) is 0.0532. The highest BCUT2D eigenvalue weighted by molar-refractivity contribution is 5.93. The molecule has 278 valence electrons. The Hall–Kier alpha value is -5.27. The van der Waals surface area contributed by atoms with Gasteiger partial charge in [-0.25, -0.2) is 15.2 Å². The number of alkyl carbamates (subject to hydrolysis) is 1.